The van der Waals surface area contributed by atoms with Gasteiger partial charge in [-0.3, -0.25) is 4.79 Å². The van der Waals surface area contributed by atoms with Crippen molar-refractivity contribution in [2.24, 2.45) is 5.73 Å². The first-order chi connectivity index (χ1) is 7.58. The van der Waals surface area contributed by atoms with Crippen molar-refractivity contribution in [2.75, 3.05) is 0 Å². The maximum Gasteiger partial charge on any atom is 0.268 e. The molecule has 1 heterocycles. The van der Waals surface area contributed by atoms with Crippen LogP contribution in [0.4, 0.5) is 8.78 Å². The Labute approximate surface area is 93.5 Å². The summed E-state index contributed by atoms with van der Waals surface area (Å²) in [5.41, 5.74) is 5.56. The monoisotopic (exact) mass is 240 g/mol. The first-order valence-electron chi connectivity index (χ1n) is 4.28. The first kappa shape index (κ1) is 10.7. The van der Waals surface area contributed by atoms with Gasteiger partial charge >= 0.3 is 0 Å². The van der Waals surface area contributed by atoms with Crippen LogP contribution in [0.1, 0.15) is 10.5 Å². The third-order valence-corrected chi connectivity index (χ3v) is 2.81. The lowest BCUT2D eigenvalue weighted by Gasteiger charge is -1.97. The molecule has 0 aliphatic rings. The van der Waals surface area contributed by atoms with Gasteiger partial charge in [-0.15, -0.1) is 11.3 Å². The van der Waals surface area contributed by atoms with Gasteiger partial charge in [-0.1, -0.05) is 0 Å². The minimum Gasteiger partial charge on any atom is -0.364 e. The third kappa shape index (κ3) is 1.92. The quantitative estimate of drug-likeness (QED) is 0.874. The topological polar surface area (TPSA) is 56.0 Å². The Morgan fingerprint density at radius 3 is 2.62 bits per heavy atom. The van der Waals surface area contributed by atoms with Crippen LogP contribution in [-0.4, -0.2) is 10.9 Å². The van der Waals surface area contributed by atoms with E-state index in [1.165, 1.54) is 11.4 Å². The number of benzene rings is 1. The summed E-state index contributed by atoms with van der Waals surface area (Å²) in [6, 6.07) is 3.43. The van der Waals surface area contributed by atoms with Crippen LogP contribution in [0.3, 0.4) is 0 Å². The van der Waals surface area contributed by atoms with Gasteiger partial charge in [-0.2, -0.15) is 0 Å². The van der Waals surface area contributed by atoms with E-state index in [0.29, 0.717) is 10.6 Å². The number of carbonyl (C=O) groups excluding carboxylic acids is 1. The van der Waals surface area contributed by atoms with Gasteiger partial charge < -0.3 is 5.73 Å². The summed E-state index contributed by atoms with van der Waals surface area (Å²) < 4.78 is 25.6. The SMILES string of the molecule is NC(=O)c1csc(-c2ccc(F)c(F)c2)n1. The van der Waals surface area contributed by atoms with Gasteiger partial charge in [0, 0.05) is 10.9 Å². The van der Waals surface area contributed by atoms with E-state index < -0.39 is 17.5 Å². The zero-order valence-corrected chi connectivity index (χ0v) is 8.72. The average Bonchev–Trinajstić information content (AvgIpc) is 2.71. The molecule has 1 aromatic carbocycles. The highest BCUT2D eigenvalue weighted by atomic mass is 32.1. The lowest BCUT2D eigenvalue weighted by Crippen LogP contribution is -2.10. The molecule has 0 atom stereocenters. The number of hydrogen-bond acceptors (Lipinski definition) is 3. The maximum atomic E-state index is 12.9. The summed E-state index contributed by atoms with van der Waals surface area (Å²) in [5, 5.41) is 1.89. The van der Waals surface area contributed by atoms with Crippen molar-refractivity contribution in [1.82, 2.24) is 4.98 Å². The van der Waals surface area contributed by atoms with Gasteiger partial charge in [0.15, 0.2) is 11.6 Å². The Bertz CT molecular complexity index is 554. The average molecular weight is 240 g/mol. The standard InChI is InChI=1S/C10H6F2N2OS/c11-6-2-1-5(3-7(6)12)10-14-8(4-16-10)9(13)15/h1-4H,(H2,13,15). The number of rotatable bonds is 2. The van der Waals surface area contributed by atoms with Crippen LogP contribution in [0.5, 0.6) is 0 Å². The summed E-state index contributed by atoms with van der Waals surface area (Å²) in [6.45, 7) is 0. The highest BCUT2D eigenvalue weighted by Crippen LogP contribution is 2.24. The van der Waals surface area contributed by atoms with Crippen LogP contribution in [0, 0.1) is 11.6 Å². The van der Waals surface area contributed by atoms with E-state index in [4.69, 9.17) is 5.73 Å². The Balaban J connectivity index is 2.42. The van der Waals surface area contributed by atoms with E-state index >= 15 is 0 Å². The van der Waals surface area contributed by atoms with Crippen LogP contribution in [0.25, 0.3) is 10.6 Å². The molecule has 0 spiro atoms. The molecule has 0 saturated carbocycles. The number of amides is 1. The summed E-state index contributed by atoms with van der Waals surface area (Å²) in [6.07, 6.45) is 0. The highest BCUT2D eigenvalue weighted by Gasteiger charge is 2.10. The minimum atomic E-state index is -0.951. The van der Waals surface area contributed by atoms with Crippen molar-refractivity contribution in [2.45, 2.75) is 0 Å². The molecule has 0 fully saturated rings. The first-order valence-corrected chi connectivity index (χ1v) is 5.16. The Kier molecular flexibility index (Phi) is 2.66. The molecule has 3 nitrogen and oxygen atoms in total. The second kappa shape index (κ2) is 3.97. The molecule has 2 rings (SSSR count). The second-order valence-corrected chi connectivity index (χ2v) is 3.89. The van der Waals surface area contributed by atoms with E-state index in [2.05, 4.69) is 4.98 Å². The molecule has 1 amide bonds. The smallest absolute Gasteiger partial charge is 0.268 e. The molecule has 0 saturated heterocycles. The molecule has 0 radical (unpaired) electrons. The minimum absolute atomic E-state index is 0.115. The van der Waals surface area contributed by atoms with Gasteiger partial charge in [0.2, 0.25) is 0 Å². The maximum absolute atomic E-state index is 12.9. The molecule has 0 aliphatic carbocycles. The van der Waals surface area contributed by atoms with Gasteiger partial charge in [0.25, 0.3) is 5.91 Å². The number of carbonyl (C=O) groups is 1. The summed E-state index contributed by atoms with van der Waals surface area (Å²) in [4.78, 5) is 14.7. The highest BCUT2D eigenvalue weighted by molar-refractivity contribution is 7.13. The Morgan fingerprint density at radius 1 is 1.31 bits per heavy atom. The predicted molar refractivity (Wildman–Crippen MR) is 56.0 cm³/mol. The molecule has 16 heavy (non-hydrogen) atoms. The molecular formula is C10H6F2N2OS. The van der Waals surface area contributed by atoms with Crippen molar-refractivity contribution in [3.63, 3.8) is 0 Å². The molecule has 6 heteroatoms. The molecular weight excluding hydrogens is 234 g/mol. The van der Waals surface area contributed by atoms with Crippen molar-refractivity contribution in [3.8, 4) is 10.6 Å². The molecule has 2 aromatic rings. The number of halogens is 2. The van der Waals surface area contributed by atoms with Crippen LogP contribution in [0.2, 0.25) is 0 Å². The van der Waals surface area contributed by atoms with Gasteiger partial charge in [0.1, 0.15) is 10.7 Å². The number of nitrogens with two attached hydrogens (primary N) is 1. The zero-order chi connectivity index (χ0) is 11.7. The number of nitrogens with zero attached hydrogens (tertiary/aromatic N) is 1. The largest absolute Gasteiger partial charge is 0.364 e. The van der Waals surface area contributed by atoms with Gasteiger partial charge in [0.05, 0.1) is 0 Å². The zero-order valence-electron chi connectivity index (χ0n) is 7.91. The van der Waals surface area contributed by atoms with Crippen molar-refractivity contribution < 1.29 is 13.6 Å². The fourth-order valence-corrected chi connectivity index (χ4v) is 1.95. The van der Waals surface area contributed by atoms with E-state index in [1.54, 1.807) is 0 Å². The molecule has 1 aromatic heterocycles. The lowest BCUT2D eigenvalue weighted by molar-refractivity contribution is 0.0996. The Morgan fingerprint density at radius 2 is 2.06 bits per heavy atom. The number of thiazole rings is 1. The fourth-order valence-electron chi connectivity index (χ4n) is 1.15. The van der Waals surface area contributed by atoms with E-state index in [0.717, 1.165) is 23.5 Å². The van der Waals surface area contributed by atoms with Gasteiger partial charge in [-0.25, -0.2) is 13.8 Å². The van der Waals surface area contributed by atoms with Crippen LogP contribution < -0.4 is 5.73 Å². The summed E-state index contributed by atoms with van der Waals surface area (Å²) in [7, 11) is 0. The molecule has 0 unspecified atom stereocenters. The lowest BCUT2D eigenvalue weighted by atomic mass is 10.2. The summed E-state index contributed by atoms with van der Waals surface area (Å²) >= 11 is 1.14. The van der Waals surface area contributed by atoms with E-state index in [9.17, 15) is 13.6 Å². The number of hydrogen-bond donors (Lipinski definition) is 1. The van der Waals surface area contributed by atoms with Crippen LogP contribution >= 0.6 is 11.3 Å². The van der Waals surface area contributed by atoms with Crippen molar-refractivity contribution >= 4 is 17.2 Å². The van der Waals surface area contributed by atoms with Crippen molar-refractivity contribution in [3.05, 3.63) is 40.9 Å². The second-order valence-electron chi connectivity index (χ2n) is 3.03. The molecule has 0 aliphatic heterocycles. The number of primary amides is 1. The molecule has 2 N–H and O–H groups in total. The Hall–Kier alpha value is -1.82. The predicted octanol–water partition coefficient (Wildman–Crippen LogP) is 2.19. The number of aromatic nitrogens is 1. The third-order valence-electron chi connectivity index (χ3n) is 1.92. The van der Waals surface area contributed by atoms with Crippen LogP contribution in [0.15, 0.2) is 23.6 Å². The van der Waals surface area contributed by atoms with Gasteiger partial charge in [-0.05, 0) is 18.2 Å². The molecule has 0 bridgehead atoms. The van der Waals surface area contributed by atoms with Crippen molar-refractivity contribution in [1.29, 1.82) is 0 Å². The van der Waals surface area contributed by atoms with E-state index in [-0.39, 0.29) is 5.69 Å². The fraction of sp³-hybridized carbons (Fsp3) is 0. The van der Waals surface area contributed by atoms with E-state index in [1.807, 2.05) is 0 Å². The van der Waals surface area contributed by atoms with Crippen LogP contribution in [-0.2, 0) is 0 Å². The molecule has 82 valence electrons. The normalized spacial score (nSPS) is 10.4. The summed E-state index contributed by atoms with van der Waals surface area (Å²) in [5.74, 6) is -2.52.